The number of carboxylic acid groups (broad SMARTS) is 2. The van der Waals surface area contributed by atoms with Crippen LogP contribution in [0, 0.1) is 5.92 Å². The molecule has 0 aromatic carbocycles. The van der Waals surface area contributed by atoms with E-state index in [1.54, 1.807) is 0 Å². The summed E-state index contributed by atoms with van der Waals surface area (Å²) in [6.07, 6.45) is 5.81. The first-order chi connectivity index (χ1) is 11.4. The molecule has 1 aromatic rings. The lowest BCUT2D eigenvalue weighted by molar-refractivity contribution is -0.134. The number of nitrogens with zero attached hydrogens (tertiary/aromatic N) is 2. The Morgan fingerprint density at radius 1 is 1.33 bits per heavy atom. The van der Waals surface area contributed by atoms with Crippen molar-refractivity contribution in [3.05, 3.63) is 23.6 Å². The third-order valence-electron chi connectivity index (χ3n) is 4.45. The summed E-state index contributed by atoms with van der Waals surface area (Å²) in [5, 5.41) is 15.6. The number of hydrogen-bond acceptors (Lipinski definition) is 6. The molecule has 0 amide bonds. The number of carbonyl (C=O) groups is 2. The molecule has 2 aliphatic rings. The Morgan fingerprint density at radius 3 is 2.58 bits per heavy atom. The normalized spacial score (nSPS) is 23.0. The number of likely N-dealkylation sites (N-methyl/N-ethyl adjacent to an activating group) is 1. The molecule has 1 fully saturated rings. The fourth-order valence-corrected chi connectivity index (χ4v) is 3.44. The highest BCUT2D eigenvalue weighted by atomic mass is 16.4. The first-order valence-electron chi connectivity index (χ1n) is 8.02. The molecule has 0 saturated carbocycles. The quantitative estimate of drug-likeness (QED) is 0.701. The topological polar surface area (TPSA) is 130 Å². The summed E-state index contributed by atoms with van der Waals surface area (Å²) in [6, 6.07) is 0.991. The highest BCUT2D eigenvalue weighted by Gasteiger charge is 2.37. The Balaban J connectivity index is 0.000000224. The zero-order valence-electron chi connectivity index (χ0n) is 13.6. The van der Waals surface area contributed by atoms with Crippen molar-refractivity contribution < 1.29 is 24.2 Å². The number of piperidine rings is 1. The summed E-state index contributed by atoms with van der Waals surface area (Å²) in [4.78, 5) is 26.0. The molecule has 4 N–H and O–H groups in total. The third-order valence-corrected chi connectivity index (χ3v) is 4.45. The Kier molecular flexibility index (Phi) is 5.97. The van der Waals surface area contributed by atoms with E-state index in [4.69, 9.17) is 20.4 Å². The van der Waals surface area contributed by atoms with Gasteiger partial charge in [-0.05, 0) is 38.3 Å². The molecule has 1 aromatic heterocycles. The second kappa shape index (κ2) is 7.96. The number of nitrogen functional groups attached to an aromatic ring is 1. The van der Waals surface area contributed by atoms with Gasteiger partial charge in [-0.25, -0.2) is 9.59 Å². The van der Waals surface area contributed by atoms with Gasteiger partial charge < -0.3 is 20.4 Å². The van der Waals surface area contributed by atoms with Crippen molar-refractivity contribution in [1.82, 2.24) is 9.88 Å². The summed E-state index contributed by atoms with van der Waals surface area (Å²) < 4.78 is 5.49. The van der Waals surface area contributed by atoms with Crippen LogP contribution in [0.3, 0.4) is 0 Å². The van der Waals surface area contributed by atoms with Crippen LogP contribution in [0.25, 0.3) is 0 Å². The zero-order chi connectivity index (χ0) is 17.7. The second-order valence-corrected chi connectivity index (χ2v) is 5.94. The van der Waals surface area contributed by atoms with Crippen LogP contribution in [0.1, 0.15) is 31.2 Å². The van der Waals surface area contributed by atoms with Crippen molar-refractivity contribution >= 4 is 18.0 Å². The number of aliphatic carboxylic acids is 2. The van der Waals surface area contributed by atoms with Gasteiger partial charge >= 0.3 is 11.9 Å². The van der Waals surface area contributed by atoms with E-state index < -0.39 is 11.9 Å². The molecular weight excluding hydrogens is 314 g/mol. The molecule has 24 heavy (non-hydrogen) atoms. The van der Waals surface area contributed by atoms with Crippen LogP contribution >= 0.6 is 0 Å². The third kappa shape index (κ3) is 4.58. The minimum atomic E-state index is -1.26. The van der Waals surface area contributed by atoms with Gasteiger partial charge in [-0.1, -0.05) is 6.92 Å². The molecule has 1 aliphatic heterocycles. The fraction of sp³-hybridized carbons (Fsp3) is 0.562. The van der Waals surface area contributed by atoms with Crippen molar-refractivity contribution in [2.24, 2.45) is 5.92 Å². The Labute approximate surface area is 140 Å². The van der Waals surface area contributed by atoms with Gasteiger partial charge in [-0.15, -0.1) is 0 Å². The predicted molar refractivity (Wildman–Crippen MR) is 86.5 cm³/mol. The predicted octanol–water partition coefficient (Wildman–Crippen LogP) is 1.17. The summed E-state index contributed by atoms with van der Waals surface area (Å²) in [5.41, 5.74) is 6.73. The van der Waals surface area contributed by atoms with Crippen LogP contribution in [0.4, 0.5) is 6.01 Å². The van der Waals surface area contributed by atoms with Crippen molar-refractivity contribution in [1.29, 1.82) is 0 Å². The van der Waals surface area contributed by atoms with Gasteiger partial charge in [-0.2, -0.15) is 4.98 Å². The maximum atomic E-state index is 9.55. The SMILES string of the molecule is CCN1CCC[C@@H]2Cc3nc(N)oc3C[C@H]21.O=C(O)/C=C\C(=O)O. The molecule has 0 spiro atoms. The molecule has 0 radical (unpaired) electrons. The molecule has 2 atom stereocenters. The molecule has 0 bridgehead atoms. The van der Waals surface area contributed by atoms with E-state index in [9.17, 15) is 9.59 Å². The minimum Gasteiger partial charge on any atom is -0.478 e. The van der Waals surface area contributed by atoms with Crippen LogP contribution in [0.2, 0.25) is 0 Å². The number of hydrogen-bond donors (Lipinski definition) is 3. The molecule has 1 saturated heterocycles. The van der Waals surface area contributed by atoms with Gasteiger partial charge in [0.25, 0.3) is 6.01 Å². The van der Waals surface area contributed by atoms with Gasteiger partial charge in [0.2, 0.25) is 0 Å². The van der Waals surface area contributed by atoms with E-state index in [-0.39, 0.29) is 0 Å². The Bertz CT molecular complexity index is 609. The molecule has 8 nitrogen and oxygen atoms in total. The average Bonchev–Trinajstić information content (AvgIpc) is 2.89. The summed E-state index contributed by atoms with van der Waals surface area (Å²) in [5.74, 6) is -0.732. The number of aromatic nitrogens is 1. The van der Waals surface area contributed by atoms with Crippen LogP contribution in [0.15, 0.2) is 16.6 Å². The molecule has 8 heteroatoms. The lowest BCUT2D eigenvalue weighted by Gasteiger charge is -2.42. The average molecular weight is 337 g/mol. The van der Waals surface area contributed by atoms with E-state index >= 15 is 0 Å². The lowest BCUT2D eigenvalue weighted by atomic mass is 9.79. The minimum absolute atomic E-state index is 0.340. The fourth-order valence-electron chi connectivity index (χ4n) is 3.44. The monoisotopic (exact) mass is 337 g/mol. The second-order valence-electron chi connectivity index (χ2n) is 5.94. The number of anilines is 1. The number of likely N-dealkylation sites (tertiary alicyclic amines) is 1. The summed E-state index contributed by atoms with van der Waals surface area (Å²) in [7, 11) is 0. The van der Waals surface area contributed by atoms with Gasteiger partial charge in [0.15, 0.2) is 0 Å². The highest BCUT2D eigenvalue weighted by molar-refractivity contribution is 5.89. The maximum absolute atomic E-state index is 9.55. The van der Waals surface area contributed by atoms with E-state index in [1.165, 1.54) is 19.4 Å². The van der Waals surface area contributed by atoms with Crippen molar-refractivity contribution in [2.75, 3.05) is 18.8 Å². The molecule has 2 heterocycles. The van der Waals surface area contributed by atoms with Crippen LogP contribution in [-0.4, -0.2) is 51.2 Å². The molecule has 1 aliphatic carbocycles. The summed E-state index contributed by atoms with van der Waals surface area (Å²) in [6.45, 7) is 4.61. The van der Waals surface area contributed by atoms with Crippen LogP contribution in [0.5, 0.6) is 0 Å². The zero-order valence-corrected chi connectivity index (χ0v) is 13.6. The first kappa shape index (κ1) is 18.0. The number of oxazole rings is 1. The lowest BCUT2D eigenvalue weighted by Crippen LogP contribution is -2.48. The number of fused-ring (bicyclic) bond motifs is 2. The largest absolute Gasteiger partial charge is 0.478 e. The van der Waals surface area contributed by atoms with E-state index in [2.05, 4.69) is 16.8 Å². The Morgan fingerprint density at radius 2 is 2.00 bits per heavy atom. The first-order valence-corrected chi connectivity index (χ1v) is 8.02. The summed E-state index contributed by atoms with van der Waals surface area (Å²) >= 11 is 0. The van der Waals surface area contributed by atoms with Gasteiger partial charge in [0.05, 0.1) is 5.69 Å². The molecule has 132 valence electrons. The number of nitrogens with two attached hydrogens (primary N) is 1. The van der Waals surface area contributed by atoms with Crippen LogP contribution in [-0.2, 0) is 22.4 Å². The van der Waals surface area contributed by atoms with Crippen molar-refractivity contribution in [3.63, 3.8) is 0 Å². The van der Waals surface area contributed by atoms with Gasteiger partial charge in [-0.3, -0.25) is 4.90 Å². The molecule has 0 unspecified atom stereocenters. The number of carboxylic acids is 2. The van der Waals surface area contributed by atoms with Crippen molar-refractivity contribution in [2.45, 2.75) is 38.6 Å². The van der Waals surface area contributed by atoms with E-state index in [1.807, 2.05) is 0 Å². The Hall–Kier alpha value is -2.35. The smallest absolute Gasteiger partial charge is 0.328 e. The molecule has 3 rings (SSSR count). The molecular formula is C16H23N3O5. The van der Waals surface area contributed by atoms with E-state index in [0.717, 1.165) is 36.8 Å². The van der Waals surface area contributed by atoms with E-state index in [0.29, 0.717) is 24.2 Å². The van der Waals surface area contributed by atoms with Crippen molar-refractivity contribution in [3.8, 4) is 0 Å². The highest BCUT2D eigenvalue weighted by Crippen LogP contribution is 2.35. The van der Waals surface area contributed by atoms with Gasteiger partial charge in [0.1, 0.15) is 5.76 Å². The number of rotatable bonds is 3. The maximum Gasteiger partial charge on any atom is 0.328 e. The van der Waals surface area contributed by atoms with Gasteiger partial charge in [0, 0.05) is 24.6 Å². The van der Waals surface area contributed by atoms with Crippen LogP contribution < -0.4 is 5.73 Å². The standard InChI is InChI=1S/C12H19N3O.C4H4O4/c1-2-15-5-3-4-8-6-9-11(7-10(8)15)16-12(13)14-9;5-3(6)1-2-4(7)8/h8,10H,2-7H2,1H3,(H2,13,14);1-2H,(H,5,6)(H,7,8)/b;2-1-/t8-,10-;/m1./s1.